The number of benzene rings is 1. The van der Waals surface area contributed by atoms with Crippen LogP contribution in [0.3, 0.4) is 0 Å². The van der Waals surface area contributed by atoms with Gasteiger partial charge < -0.3 is 5.32 Å². The molecule has 0 saturated carbocycles. The van der Waals surface area contributed by atoms with Gasteiger partial charge in [0, 0.05) is 7.05 Å². The lowest BCUT2D eigenvalue weighted by Gasteiger charge is -2.16. The summed E-state index contributed by atoms with van der Waals surface area (Å²) in [5, 5.41) is 14.6. The molecule has 5 nitrogen and oxygen atoms in total. The lowest BCUT2D eigenvalue weighted by molar-refractivity contribution is 0.695. The summed E-state index contributed by atoms with van der Waals surface area (Å²) >= 11 is 6.37. The molecule has 3 rings (SSSR count). The van der Waals surface area contributed by atoms with E-state index in [1.807, 2.05) is 12.1 Å². The van der Waals surface area contributed by atoms with Gasteiger partial charge in [0.15, 0.2) is 0 Å². The van der Waals surface area contributed by atoms with Gasteiger partial charge in [-0.25, -0.2) is 4.68 Å². The number of aryl methyl sites for hydroxylation is 1. The fourth-order valence-electron chi connectivity index (χ4n) is 2.21. The quantitative estimate of drug-likeness (QED) is 0.820. The monoisotopic (exact) mass is 249 g/mol. The van der Waals surface area contributed by atoms with Crippen LogP contribution in [0, 0.1) is 0 Å². The van der Waals surface area contributed by atoms with Crippen molar-refractivity contribution in [1.29, 1.82) is 0 Å². The number of aromatic nitrogens is 4. The number of hydrogen-bond donors (Lipinski definition) is 1. The number of alkyl halides is 1. The summed E-state index contributed by atoms with van der Waals surface area (Å²) in [7, 11) is 1.80. The van der Waals surface area contributed by atoms with Gasteiger partial charge in [-0.3, -0.25) is 0 Å². The van der Waals surface area contributed by atoms with E-state index in [1.54, 1.807) is 11.7 Å². The Labute approximate surface area is 104 Å². The summed E-state index contributed by atoms with van der Waals surface area (Å²) in [6.07, 6.45) is 0.876. The van der Waals surface area contributed by atoms with Gasteiger partial charge in [-0.1, -0.05) is 29.4 Å². The van der Waals surface area contributed by atoms with E-state index in [0.29, 0.717) is 5.95 Å². The molecule has 1 heterocycles. The van der Waals surface area contributed by atoms with E-state index >= 15 is 0 Å². The van der Waals surface area contributed by atoms with Crippen molar-refractivity contribution in [2.75, 3.05) is 5.32 Å². The van der Waals surface area contributed by atoms with E-state index in [0.717, 1.165) is 6.42 Å². The first-order valence-electron chi connectivity index (χ1n) is 5.46. The van der Waals surface area contributed by atoms with Gasteiger partial charge >= 0.3 is 0 Å². The summed E-state index contributed by atoms with van der Waals surface area (Å²) < 4.78 is 1.60. The maximum atomic E-state index is 6.37. The number of fused-ring (bicyclic) bond motifs is 1. The molecule has 0 fully saturated rings. The second-order valence-corrected chi connectivity index (χ2v) is 4.73. The highest BCUT2D eigenvalue weighted by Gasteiger charge is 2.31. The van der Waals surface area contributed by atoms with Gasteiger partial charge in [0.25, 0.3) is 0 Å². The van der Waals surface area contributed by atoms with Gasteiger partial charge in [-0.05, 0) is 28.0 Å². The van der Waals surface area contributed by atoms with E-state index in [9.17, 15) is 0 Å². The first-order chi connectivity index (χ1) is 8.25. The third-order valence-corrected chi connectivity index (χ3v) is 3.48. The molecule has 2 unspecified atom stereocenters. The first kappa shape index (κ1) is 10.5. The molecule has 2 atom stereocenters. The van der Waals surface area contributed by atoms with Crippen LogP contribution in [0.1, 0.15) is 17.2 Å². The van der Waals surface area contributed by atoms with Crippen molar-refractivity contribution in [1.82, 2.24) is 20.2 Å². The Bertz CT molecular complexity index is 538. The molecule has 0 amide bonds. The maximum absolute atomic E-state index is 6.37. The van der Waals surface area contributed by atoms with Crippen molar-refractivity contribution >= 4 is 17.5 Å². The molecule has 0 aliphatic heterocycles. The van der Waals surface area contributed by atoms with Crippen LogP contribution >= 0.6 is 11.6 Å². The Morgan fingerprint density at radius 3 is 3.00 bits per heavy atom. The molecule has 1 aromatic heterocycles. The minimum absolute atomic E-state index is 0.0316. The molecule has 17 heavy (non-hydrogen) atoms. The SMILES string of the molecule is Cn1nnnc1NC1c2ccccc2CC1Cl. The fourth-order valence-corrected chi connectivity index (χ4v) is 2.57. The zero-order valence-electron chi connectivity index (χ0n) is 9.34. The molecule has 0 bridgehead atoms. The molecule has 88 valence electrons. The van der Waals surface area contributed by atoms with Crippen LogP contribution in [0.2, 0.25) is 0 Å². The largest absolute Gasteiger partial charge is 0.345 e. The molecule has 1 aromatic carbocycles. The standard InChI is InChI=1S/C11H12ClN5/c1-17-11(14-15-16-17)13-10-8-5-3-2-4-7(8)6-9(10)12/h2-5,9-10H,6H2,1H3,(H,13,14,16). The smallest absolute Gasteiger partial charge is 0.243 e. The van der Waals surface area contributed by atoms with E-state index in [4.69, 9.17) is 11.6 Å². The number of halogens is 1. The van der Waals surface area contributed by atoms with Crippen molar-refractivity contribution in [3.63, 3.8) is 0 Å². The van der Waals surface area contributed by atoms with Crippen molar-refractivity contribution in [2.45, 2.75) is 17.8 Å². The van der Waals surface area contributed by atoms with Crippen LogP contribution in [0.4, 0.5) is 5.95 Å². The molecule has 0 saturated heterocycles. The van der Waals surface area contributed by atoms with Crippen molar-refractivity contribution < 1.29 is 0 Å². The Kier molecular flexibility index (Phi) is 2.48. The van der Waals surface area contributed by atoms with E-state index in [1.165, 1.54) is 11.1 Å². The van der Waals surface area contributed by atoms with Gasteiger partial charge in [0.05, 0.1) is 11.4 Å². The lowest BCUT2D eigenvalue weighted by Crippen LogP contribution is -2.19. The highest BCUT2D eigenvalue weighted by molar-refractivity contribution is 6.21. The van der Waals surface area contributed by atoms with Gasteiger partial charge in [0.1, 0.15) is 0 Å². The maximum Gasteiger partial charge on any atom is 0.243 e. The normalized spacial score (nSPS) is 22.5. The second-order valence-electron chi connectivity index (χ2n) is 4.17. The van der Waals surface area contributed by atoms with Crippen LogP contribution < -0.4 is 5.32 Å². The second kappa shape index (κ2) is 4.00. The van der Waals surface area contributed by atoms with Crippen LogP contribution in [0.5, 0.6) is 0 Å². The minimum Gasteiger partial charge on any atom is -0.345 e. The zero-order valence-corrected chi connectivity index (χ0v) is 10.1. The Morgan fingerprint density at radius 2 is 2.24 bits per heavy atom. The van der Waals surface area contributed by atoms with Crippen LogP contribution in [0.15, 0.2) is 24.3 Å². The van der Waals surface area contributed by atoms with E-state index in [2.05, 4.69) is 33.0 Å². The Morgan fingerprint density at radius 1 is 1.41 bits per heavy atom. The first-order valence-corrected chi connectivity index (χ1v) is 5.90. The third kappa shape index (κ3) is 1.76. The molecule has 0 radical (unpaired) electrons. The van der Waals surface area contributed by atoms with E-state index in [-0.39, 0.29) is 11.4 Å². The van der Waals surface area contributed by atoms with Crippen molar-refractivity contribution in [3.05, 3.63) is 35.4 Å². The number of nitrogens with zero attached hydrogens (tertiary/aromatic N) is 4. The zero-order chi connectivity index (χ0) is 11.8. The molecule has 2 aromatic rings. The molecular weight excluding hydrogens is 238 g/mol. The number of tetrazole rings is 1. The Hall–Kier alpha value is -1.62. The summed E-state index contributed by atoms with van der Waals surface area (Å²) in [6, 6.07) is 8.34. The number of rotatable bonds is 2. The highest BCUT2D eigenvalue weighted by Crippen LogP contribution is 2.36. The van der Waals surface area contributed by atoms with Crippen LogP contribution in [0.25, 0.3) is 0 Å². The van der Waals surface area contributed by atoms with Gasteiger partial charge in [-0.2, -0.15) is 0 Å². The molecule has 6 heteroatoms. The van der Waals surface area contributed by atoms with Crippen LogP contribution in [-0.2, 0) is 13.5 Å². The average molecular weight is 250 g/mol. The number of nitrogens with one attached hydrogen (secondary N) is 1. The predicted octanol–water partition coefficient (Wildman–Crippen LogP) is 1.53. The molecule has 1 aliphatic carbocycles. The van der Waals surface area contributed by atoms with E-state index < -0.39 is 0 Å². The summed E-state index contributed by atoms with van der Waals surface area (Å²) in [5.74, 6) is 0.636. The third-order valence-electron chi connectivity index (χ3n) is 3.07. The minimum atomic E-state index is 0.0316. The topological polar surface area (TPSA) is 55.6 Å². The summed E-state index contributed by atoms with van der Waals surface area (Å²) in [4.78, 5) is 0. The lowest BCUT2D eigenvalue weighted by atomic mass is 10.1. The Balaban J connectivity index is 1.91. The molecule has 1 N–H and O–H groups in total. The van der Waals surface area contributed by atoms with Crippen molar-refractivity contribution in [2.24, 2.45) is 7.05 Å². The highest BCUT2D eigenvalue weighted by atomic mass is 35.5. The fraction of sp³-hybridized carbons (Fsp3) is 0.364. The van der Waals surface area contributed by atoms with Gasteiger partial charge in [-0.15, -0.1) is 11.6 Å². The molecule has 0 spiro atoms. The summed E-state index contributed by atoms with van der Waals surface area (Å²) in [6.45, 7) is 0. The van der Waals surface area contributed by atoms with Gasteiger partial charge in [0.2, 0.25) is 5.95 Å². The average Bonchev–Trinajstić information content (AvgIpc) is 2.85. The van der Waals surface area contributed by atoms with Crippen LogP contribution in [-0.4, -0.2) is 25.6 Å². The van der Waals surface area contributed by atoms with Crippen molar-refractivity contribution in [3.8, 4) is 0 Å². The summed E-state index contributed by atoms with van der Waals surface area (Å²) in [5.41, 5.74) is 2.52. The molecule has 1 aliphatic rings. The predicted molar refractivity (Wildman–Crippen MR) is 64.9 cm³/mol. The number of anilines is 1. The molecular formula is C11H12ClN5. The number of hydrogen-bond acceptors (Lipinski definition) is 4.